The lowest BCUT2D eigenvalue weighted by Crippen LogP contribution is -2.29. The third-order valence-corrected chi connectivity index (χ3v) is 3.26. The summed E-state index contributed by atoms with van der Waals surface area (Å²) in [5.41, 5.74) is 2.55. The Labute approximate surface area is 128 Å². The zero-order valence-electron chi connectivity index (χ0n) is 12.0. The molecule has 1 aromatic carbocycles. The van der Waals surface area contributed by atoms with Crippen LogP contribution in [0.2, 0.25) is 0 Å². The molecule has 0 aliphatic rings. The van der Waals surface area contributed by atoms with Gasteiger partial charge in [0.1, 0.15) is 0 Å². The van der Waals surface area contributed by atoms with Crippen molar-refractivity contribution in [3.8, 4) is 0 Å². The number of carbonyl (C=O) groups excluding carboxylic acids is 1. The number of nitrogens with one attached hydrogen (secondary N) is 2. The molecule has 0 unspecified atom stereocenters. The molecule has 0 saturated carbocycles. The van der Waals surface area contributed by atoms with Crippen molar-refractivity contribution >= 4 is 22.5 Å². The Bertz CT molecular complexity index is 768. The smallest absolute Gasteiger partial charge is 0.239 e. The third-order valence-electron chi connectivity index (χ3n) is 3.26. The maximum atomic E-state index is 11.9. The monoisotopic (exact) mass is 292 g/mol. The molecule has 2 N–H and O–H groups in total. The standard InChI is InChI=1S/C17H16N4O/c22-16(21-11-14-7-1-2-9-18-14)12-20-15-8-3-5-13-6-4-10-19-17(13)15/h1-10,20H,11-12H2,(H,21,22). The molecule has 0 aliphatic carbocycles. The summed E-state index contributed by atoms with van der Waals surface area (Å²) in [6.07, 6.45) is 3.45. The van der Waals surface area contributed by atoms with E-state index in [1.54, 1.807) is 12.4 Å². The van der Waals surface area contributed by atoms with E-state index in [0.717, 1.165) is 22.3 Å². The average molecular weight is 292 g/mol. The number of rotatable bonds is 5. The van der Waals surface area contributed by atoms with Crippen LogP contribution in [0.1, 0.15) is 5.69 Å². The molecule has 0 bridgehead atoms. The summed E-state index contributed by atoms with van der Waals surface area (Å²) in [5.74, 6) is -0.0846. The van der Waals surface area contributed by atoms with Gasteiger partial charge in [0.2, 0.25) is 5.91 Å². The fourth-order valence-corrected chi connectivity index (χ4v) is 2.18. The van der Waals surface area contributed by atoms with Gasteiger partial charge in [0, 0.05) is 17.8 Å². The van der Waals surface area contributed by atoms with Crippen molar-refractivity contribution in [1.29, 1.82) is 0 Å². The Morgan fingerprint density at radius 2 is 1.82 bits per heavy atom. The lowest BCUT2D eigenvalue weighted by molar-refractivity contribution is -0.119. The normalized spacial score (nSPS) is 10.4. The minimum Gasteiger partial charge on any atom is -0.374 e. The lowest BCUT2D eigenvalue weighted by atomic mass is 10.2. The van der Waals surface area contributed by atoms with Crippen molar-refractivity contribution in [2.24, 2.45) is 0 Å². The second kappa shape index (κ2) is 6.67. The van der Waals surface area contributed by atoms with E-state index >= 15 is 0 Å². The van der Waals surface area contributed by atoms with Gasteiger partial charge in [-0.15, -0.1) is 0 Å². The van der Waals surface area contributed by atoms with Crippen LogP contribution in [0, 0.1) is 0 Å². The van der Waals surface area contributed by atoms with Crippen molar-refractivity contribution in [2.45, 2.75) is 6.54 Å². The minimum atomic E-state index is -0.0846. The maximum Gasteiger partial charge on any atom is 0.239 e. The van der Waals surface area contributed by atoms with Crippen molar-refractivity contribution in [2.75, 3.05) is 11.9 Å². The van der Waals surface area contributed by atoms with Gasteiger partial charge in [-0.05, 0) is 24.3 Å². The molecule has 0 radical (unpaired) electrons. The SMILES string of the molecule is O=C(CNc1cccc2cccnc12)NCc1ccccn1. The lowest BCUT2D eigenvalue weighted by Gasteiger charge is -2.09. The summed E-state index contributed by atoms with van der Waals surface area (Å²) in [6, 6.07) is 15.4. The van der Waals surface area contributed by atoms with E-state index in [2.05, 4.69) is 20.6 Å². The van der Waals surface area contributed by atoms with E-state index in [0.29, 0.717) is 6.54 Å². The van der Waals surface area contributed by atoms with Gasteiger partial charge in [0.25, 0.3) is 0 Å². The molecule has 0 atom stereocenters. The van der Waals surface area contributed by atoms with E-state index in [9.17, 15) is 4.79 Å². The molecule has 5 heteroatoms. The Hall–Kier alpha value is -2.95. The van der Waals surface area contributed by atoms with Gasteiger partial charge in [0.05, 0.1) is 30.0 Å². The second-order valence-electron chi connectivity index (χ2n) is 4.83. The van der Waals surface area contributed by atoms with Crippen LogP contribution in [0.5, 0.6) is 0 Å². The van der Waals surface area contributed by atoms with Crippen molar-refractivity contribution in [3.63, 3.8) is 0 Å². The zero-order valence-corrected chi connectivity index (χ0v) is 12.0. The van der Waals surface area contributed by atoms with Crippen LogP contribution in [-0.4, -0.2) is 22.4 Å². The molecule has 0 spiro atoms. The Kier molecular flexibility index (Phi) is 4.25. The highest BCUT2D eigenvalue weighted by molar-refractivity contribution is 5.92. The highest BCUT2D eigenvalue weighted by atomic mass is 16.1. The fourth-order valence-electron chi connectivity index (χ4n) is 2.18. The molecule has 0 aliphatic heterocycles. The number of hydrogen-bond acceptors (Lipinski definition) is 4. The third kappa shape index (κ3) is 3.38. The molecule has 22 heavy (non-hydrogen) atoms. The number of para-hydroxylation sites is 1. The molecule has 2 aromatic heterocycles. The molecule has 1 amide bonds. The number of aromatic nitrogens is 2. The van der Waals surface area contributed by atoms with Gasteiger partial charge in [-0.1, -0.05) is 24.3 Å². The molecule has 0 fully saturated rings. The average Bonchev–Trinajstić information content (AvgIpc) is 2.59. The number of amides is 1. The van der Waals surface area contributed by atoms with Crippen LogP contribution in [0.3, 0.4) is 0 Å². The fraction of sp³-hybridized carbons (Fsp3) is 0.118. The quantitative estimate of drug-likeness (QED) is 0.757. The van der Waals surface area contributed by atoms with Gasteiger partial charge in [-0.3, -0.25) is 14.8 Å². The van der Waals surface area contributed by atoms with Crippen LogP contribution < -0.4 is 10.6 Å². The van der Waals surface area contributed by atoms with Crippen LogP contribution in [0.4, 0.5) is 5.69 Å². The van der Waals surface area contributed by atoms with Crippen LogP contribution in [0.25, 0.3) is 10.9 Å². The molecule has 3 aromatic rings. The highest BCUT2D eigenvalue weighted by Gasteiger charge is 2.05. The van der Waals surface area contributed by atoms with E-state index < -0.39 is 0 Å². The van der Waals surface area contributed by atoms with Crippen molar-refractivity contribution in [3.05, 3.63) is 66.6 Å². The van der Waals surface area contributed by atoms with Gasteiger partial charge in [-0.2, -0.15) is 0 Å². The summed E-state index contributed by atoms with van der Waals surface area (Å²) >= 11 is 0. The van der Waals surface area contributed by atoms with Crippen LogP contribution >= 0.6 is 0 Å². The molecule has 3 rings (SSSR count). The predicted octanol–water partition coefficient (Wildman–Crippen LogP) is 2.36. The highest BCUT2D eigenvalue weighted by Crippen LogP contribution is 2.20. The van der Waals surface area contributed by atoms with Gasteiger partial charge in [-0.25, -0.2) is 0 Å². The summed E-state index contributed by atoms with van der Waals surface area (Å²) in [7, 11) is 0. The molecule has 110 valence electrons. The Morgan fingerprint density at radius 1 is 0.955 bits per heavy atom. The first-order valence-electron chi connectivity index (χ1n) is 7.07. The van der Waals surface area contributed by atoms with E-state index in [4.69, 9.17) is 0 Å². The summed E-state index contributed by atoms with van der Waals surface area (Å²) in [4.78, 5) is 20.4. The topological polar surface area (TPSA) is 66.9 Å². The van der Waals surface area contributed by atoms with Crippen molar-refractivity contribution < 1.29 is 4.79 Å². The summed E-state index contributed by atoms with van der Waals surface area (Å²) in [5, 5.41) is 7.00. The number of carbonyl (C=O) groups is 1. The molecule has 5 nitrogen and oxygen atoms in total. The van der Waals surface area contributed by atoms with Gasteiger partial charge in [0.15, 0.2) is 0 Å². The maximum absolute atomic E-state index is 11.9. The van der Waals surface area contributed by atoms with Crippen LogP contribution in [0.15, 0.2) is 60.9 Å². The number of nitrogens with zero attached hydrogens (tertiary/aromatic N) is 2. The number of pyridine rings is 2. The molecular formula is C17H16N4O. The largest absolute Gasteiger partial charge is 0.374 e. The van der Waals surface area contributed by atoms with Crippen molar-refractivity contribution in [1.82, 2.24) is 15.3 Å². The summed E-state index contributed by atoms with van der Waals surface area (Å²) in [6.45, 7) is 0.623. The zero-order chi connectivity index (χ0) is 15.2. The van der Waals surface area contributed by atoms with E-state index in [1.165, 1.54) is 0 Å². The van der Waals surface area contributed by atoms with Crippen LogP contribution in [-0.2, 0) is 11.3 Å². The summed E-state index contributed by atoms with van der Waals surface area (Å²) < 4.78 is 0. The second-order valence-corrected chi connectivity index (χ2v) is 4.83. The number of fused-ring (bicyclic) bond motifs is 1. The Balaban J connectivity index is 1.58. The van der Waals surface area contributed by atoms with E-state index in [1.807, 2.05) is 48.5 Å². The predicted molar refractivity (Wildman–Crippen MR) is 86.3 cm³/mol. The first-order valence-corrected chi connectivity index (χ1v) is 7.07. The van der Waals surface area contributed by atoms with Gasteiger partial charge < -0.3 is 10.6 Å². The number of anilines is 1. The number of hydrogen-bond donors (Lipinski definition) is 2. The first-order chi connectivity index (χ1) is 10.8. The Morgan fingerprint density at radius 3 is 2.68 bits per heavy atom. The molecular weight excluding hydrogens is 276 g/mol. The minimum absolute atomic E-state index is 0.0846. The molecule has 0 saturated heterocycles. The number of benzene rings is 1. The first kappa shape index (κ1) is 14.0. The van der Waals surface area contributed by atoms with Gasteiger partial charge >= 0.3 is 0 Å². The van der Waals surface area contributed by atoms with E-state index in [-0.39, 0.29) is 12.5 Å². The molecule has 2 heterocycles.